The Morgan fingerprint density at radius 1 is 1.04 bits per heavy atom. The fourth-order valence-corrected chi connectivity index (χ4v) is 6.73. The van der Waals surface area contributed by atoms with Crippen molar-refractivity contribution >= 4 is 40.9 Å². The first-order chi connectivity index (χ1) is 22.8. The van der Waals surface area contributed by atoms with Crippen molar-refractivity contribution in [3.05, 3.63) is 83.5 Å². The lowest BCUT2D eigenvalue weighted by atomic mass is 9.93. The molecule has 1 aromatic heterocycles. The molecule has 2 aliphatic rings. The van der Waals surface area contributed by atoms with Crippen LogP contribution in [0.3, 0.4) is 0 Å². The number of carbonyl (C=O) groups excluding carboxylic acids is 2. The maximum Gasteiger partial charge on any atom is 0.338 e. The Morgan fingerprint density at radius 3 is 2.51 bits per heavy atom. The van der Waals surface area contributed by atoms with Gasteiger partial charge in [-0.3, -0.25) is 14.2 Å². The fraction of sp³-hybridized carbons (Fsp3) is 0.412. The van der Waals surface area contributed by atoms with Gasteiger partial charge in [0, 0.05) is 23.7 Å². The molecule has 2 aliphatic heterocycles. The smallest absolute Gasteiger partial charge is 0.338 e. The Morgan fingerprint density at radius 2 is 1.81 bits per heavy atom. The maximum atomic E-state index is 14.2. The molecule has 5 rings (SSSR count). The Hall–Kier alpha value is -4.13. The normalized spacial score (nSPS) is 16.4. The lowest BCUT2D eigenvalue weighted by Crippen LogP contribution is -2.43. The summed E-state index contributed by atoms with van der Waals surface area (Å²) in [5.74, 6) is 0.655. The Bertz CT molecular complexity index is 1840. The van der Waals surface area contributed by atoms with Gasteiger partial charge in [-0.15, -0.1) is 0 Å². The minimum Gasteiger partial charge on any atom is -0.496 e. The molecule has 3 aromatic rings. The van der Waals surface area contributed by atoms with Crippen LogP contribution in [-0.2, 0) is 19.1 Å². The summed E-state index contributed by atoms with van der Waals surface area (Å²) in [5, 5.41) is 0.428. The zero-order valence-electron chi connectivity index (χ0n) is 26.9. The zero-order valence-corrected chi connectivity index (χ0v) is 28.4. The molecule has 0 spiro atoms. The Kier molecular flexibility index (Phi) is 11.4. The van der Waals surface area contributed by atoms with E-state index in [2.05, 4.69) is 0 Å². The van der Waals surface area contributed by atoms with E-state index in [4.69, 9.17) is 40.3 Å². The molecular formula is C34H38ClN3O8S. The number of nitrogens with zero attached hydrogens (tertiary/aromatic N) is 3. The number of halogens is 1. The first kappa shape index (κ1) is 34.2. The summed E-state index contributed by atoms with van der Waals surface area (Å²) in [6, 6.07) is 9.51. The number of methoxy groups -OCH3 is 1. The summed E-state index contributed by atoms with van der Waals surface area (Å²) in [4.78, 5) is 47.3. The average Bonchev–Trinajstić information content (AvgIpc) is 3.38. The molecule has 0 saturated carbocycles. The van der Waals surface area contributed by atoms with Crippen LogP contribution in [0.5, 0.6) is 17.2 Å². The highest BCUT2D eigenvalue weighted by molar-refractivity contribution is 7.07. The van der Waals surface area contributed by atoms with E-state index < -0.39 is 12.0 Å². The van der Waals surface area contributed by atoms with Crippen LogP contribution < -0.4 is 29.1 Å². The van der Waals surface area contributed by atoms with E-state index in [1.165, 1.54) is 23.0 Å². The average molecular weight is 684 g/mol. The summed E-state index contributed by atoms with van der Waals surface area (Å²) < 4.78 is 30.1. The van der Waals surface area contributed by atoms with Gasteiger partial charge in [0.05, 0.1) is 49.3 Å². The summed E-state index contributed by atoms with van der Waals surface area (Å²) >= 11 is 7.66. The first-order valence-corrected chi connectivity index (χ1v) is 16.8. The number of rotatable bonds is 12. The molecule has 0 aliphatic carbocycles. The second kappa shape index (κ2) is 15.6. The van der Waals surface area contributed by atoms with Crippen LogP contribution >= 0.6 is 22.9 Å². The molecule has 0 N–H and O–H groups in total. The largest absolute Gasteiger partial charge is 0.496 e. The number of benzene rings is 2. The van der Waals surface area contributed by atoms with Crippen LogP contribution in [0.25, 0.3) is 6.08 Å². The Labute approximate surface area is 281 Å². The van der Waals surface area contributed by atoms with E-state index in [-0.39, 0.29) is 30.3 Å². The maximum absolute atomic E-state index is 14.2. The van der Waals surface area contributed by atoms with E-state index in [1.807, 2.05) is 13.8 Å². The molecule has 250 valence electrons. The molecule has 0 bridgehead atoms. The quantitative estimate of drug-likeness (QED) is 0.264. The summed E-state index contributed by atoms with van der Waals surface area (Å²) in [5.41, 5.74) is 1.72. The number of carbonyl (C=O) groups is 2. The van der Waals surface area contributed by atoms with Gasteiger partial charge in [0.15, 0.2) is 22.9 Å². The lowest BCUT2D eigenvalue weighted by Gasteiger charge is -2.27. The van der Waals surface area contributed by atoms with Crippen molar-refractivity contribution in [3.8, 4) is 17.2 Å². The zero-order chi connectivity index (χ0) is 33.5. The van der Waals surface area contributed by atoms with Crippen molar-refractivity contribution in [2.24, 2.45) is 4.99 Å². The molecule has 1 saturated heterocycles. The van der Waals surface area contributed by atoms with Gasteiger partial charge in [-0.1, -0.05) is 42.3 Å². The third-order valence-corrected chi connectivity index (χ3v) is 8.88. The van der Waals surface area contributed by atoms with Crippen LogP contribution in [0.15, 0.2) is 57.5 Å². The van der Waals surface area contributed by atoms with Crippen LogP contribution in [0, 0.1) is 0 Å². The molecule has 1 fully saturated rings. The summed E-state index contributed by atoms with van der Waals surface area (Å²) in [6.45, 7) is 8.06. The number of amides is 1. The van der Waals surface area contributed by atoms with Gasteiger partial charge in [-0.05, 0) is 62.2 Å². The molecule has 47 heavy (non-hydrogen) atoms. The van der Waals surface area contributed by atoms with Gasteiger partial charge in [0.1, 0.15) is 11.8 Å². The van der Waals surface area contributed by atoms with Crippen molar-refractivity contribution in [2.75, 3.05) is 53.2 Å². The van der Waals surface area contributed by atoms with E-state index >= 15 is 0 Å². The first-order valence-electron chi connectivity index (χ1n) is 15.6. The van der Waals surface area contributed by atoms with Crippen molar-refractivity contribution in [1.29, 1.82) is 0 Å². The standard InChI is InChI=1S/C34H38ClN3O8S/c1-5-8-24-30(33(41)45-7-3)31(23-19-22(35)10-12-25(23)42-4)38-32(40)28(47-34(38)36-24)18-21-9-11-26(27(17-21)44-6-2)46-20-29(39)37-13-15-43-16-14-37/h9-12,17-19,31H,5-8,13-16,20H2,1-4H3/b28-18-/t31-/m1/s1. The van der Waals surface area contributed by atoms with Crippen LogP contribution in [0.1, 0.15) is 50.8 Å². The molecule has 13 heteroatoms. The monoisotopic (exact) mass is 683 g/mol. The fourth-order valence-electron chi connectivity index (χ4n) is 5.53. The number of esters is 1. The number of hydrogen-bond acceptors (Lipinski definition) is 10. The van der Waals surface area contributed by atoms with Crippen molar-refractivity contribution in [3.63, 3.8) is 0 Å². The summed E-state index contributed by atoms with van der Waals surface area (Å²) in [6.07, 6.45) is 2.98. The third-order valence-electron chi connectivity index (χ3n) is 7.66. The van der Waals surface area contributed by atoms with Crippen LogP contribution in [-0.4, -0.2) is 74.6 Å². The van der Waals surface area contributed by atoms with Crippen molar-refractivity contribution < 1.29 is 33.3 Å². The second-order valence-electron chi connectivity index (χ2n) is 10.7. The SMILES string of the molecule is CCCC1=C(C(=O)OCC)[C@@H](c2cc(Cl)ccc2OC)n2c(s/c(=C\c3ccc(OCC(=O)N4CCOCC4)c(OCC)c3)c2=O)=N1. The van der Waals surface area contributed by atoms with Crippen LogP contribution in [0.4, 0.5) is 0 Å². The minimum absolute atomic E-state index is 0.128. The number of allylic oxidation sites excluding steroid dienone is 1. The molecule has 1 atom stereocenters. The van der Waals surface area contributed by atoms with Crippen LogP contribution in [0.2, 0.25) is 5.02 Å². The predicted octanol–water partition coefficient (Wildman–Crippen LogP) is 3.88. The van der Waals surface area contributed by atoms with Crippen molar-refractivity contribution in [1.82, 2.24) is 9.47 Å². The number of ether oxygens (including phenoxy) is 5. The minimum atomic E-state index is -0.874. The highest BCUT2D eigenvalue weighted by atomic mass is 35.5. The number of fused-ring (bicyclic) bond motifs is 1. The van der Waals surface area contributed by atoms with Gasteiger partial charge < -0.3 is 28.6 Å². The number of aromatic nitrogens is 1. The number of morpholine rings is 1. The van der Waals surface area contributed by atoms with Gasteiger partial charge in [-0.25, -0.2) is 9.79 Å². The highest BCUT2D eigenvalue weighted by Crippen LogP contribution is 2.38. The molecule has 1 amide bonds. The van der Waals surface area contributed by atoms with Gasteiger partial charge in [0.2, 0.25) is 0 Å². The second-order valence-corrected chi connectivity index (χ2v) is 12.2. The topological polar surface area (TPSA) is 118 Å². The van der Waals surface area contributed by atoms with E-state index in [1.54, 1.807) is 54.3 Å². The van der Waals surface area contributed by atoms with E-state index in [0.717, 1.165) is 6.42 Å². The molecule has 3 heterocycles. The predicted molar refractivity (Wildman–Crippen MR) is 178 cm³/mol. The molecule has 11 nitrogen and oxygen atoms in total. The van der Waals surface area contributed by atoms with Gasteiger partial charge in [-0.2, -0.15) is 0 Å². The van der Waals surface area contributed by atoms with Crippen molar-refractivity contribution in [2.45, 2.75) is 39.7 Å². The van der Waals surface area contributed by atoms with Gasteiger partial charge in [0.25, 0.3) is 11.5 Å². The third kappa shape index (κ3) is 7.55. The van der Waals surface area contributed by atoms with Gasteiger partial charge >= 0.3 is 5.97 Å². The highest BCUT2D eigenvalue weighted by Gasteiger charge is 2.36. The molecular weight excluding hydrogens is 646 g/mol. The van der Waals surface area contributed by atoms with E-state index in [0.29, 0.717) is 87.8 Å². The number of thiazole rings is 1. The molecule has 0 unspecified atom stereocenters. The van der Waals surface area contributed by atoms with E-state index in [9.17, 15) is 14.4 Å². The molecule has 2 aromatic carbocycles. The lowest BCUT2D eigenvalue weighted by molar-refractivity contribution is -0.139. The number of hydrogen-bond donors (Lipinski definition) is 0. The molecule has 0 radical (unpaired) electrons. The Balaban J connectivity index is 1.58. The summed E-state index contributed by atoms with van der Waals surface area (Å²) in [7, 11) is 1.53.